The fourth-order valence-electron chi connectivity index (χ4n) is 2.05. The van der Waals surface area contributed by atoms with Crippen molar-refractivity contribution in [2.45, 2.75) is 26.3 Å². The molecule has 0 bridgehead atoms. The van der Waals surface area contributed by atoms with E-state index in [1.165, 1.54) is 4.31 Å². The second-order valence-corrected chi connectivity index (χ2v) is 8.58. The lowest BCUT2D eigenvalue weighted by atomic mass is 10.1. The van der Waals surface area contributed by atoms with Gasteiger partial charge < -0.3 is 11.1 Å². The summed E-state index contributed by atoms with van der Waals surface area (Å²) in [5, 5.41) is 4.18. The van der Waals surface area contributed by atoms with E-state index in [1.807, 2.05) is 13.0 Å². The molecule has 6 nitrogen and oxygen atoms in total. The molecule has 3 N–H and O–H groups in total. The van der Waals surface area contributed by atoms with Gasteiger partial charge in [0.1, 0.15) is 0 Å². The molecule has 1 atom stereocenters. The van der Waals surface area contributed by atoms with Crippen molar-refractivity contribution in [3.05, 3.63) is 33.8 Å². The van der Waals surface area contributed by atoms with Gasteiger partial charge in [0.2, 0.25) is 10.0 Å². The van der Waals surface area contributed by atoms with Crippen molar-refractivity contribution in [3.8, 4) is 0 Å². The molecule has 0 radical (unpaired) electrons. The quantitative estimate of drug-likeness (QED) is 0.237. The zero-order chi connectivity index (χ0) is 18.3. The van der Waals surface area contributed by atoms with Crippen LogP contribution in [0.3, 0.4) is 0 Å². The number of guanidine groups is 1. The van der Waals surface area contributed by atoms with E-state index in [0.717, 1.165) is 5.56 Å². The van der Waals surface area contributed by atoms with Crippen LogP contribution in [0.2, 0.25) is 10.0 Å². The molecule has 0 fully saturated rings. The van der Waals surface area contributed by atoms with Crippen LogP contribution in [0.25, 0.3) is 0 Å². The SMILES string of the molecule is CCS(=O)(=O)N(C)CCCN=C(N)NC(C)c1ccc(Cl)cc1Cl.I. The van der Waals surface area contributed by atoms with Crippen molar-refractivity contribution < 1.29 is 8.42 Å². The second-order valence-electron chi connectivity index (χ2n) is 5.37. The predicted octanol–water partition coefficient (Wildman–Crippen LogP) is 3.25. The van der Waals surface area contributed by atoms with Gasteiger partial charge in [0, 0.05) is 30.2 Å². The maximum atomic E-state index is 11.6. The van der Waals surface area contributed by atoms with Crippen molar-refractivity contribution in [3.63, 3.8) is 0 Å². The highest BCUT2D eigenvalue weighted by Crippen LogP contribution is 2.25. The normalized spacial score (nSPS) is 13.4. The van der Waals surface area contributed by atoms with E-state index in [0.29, 0.717) is 29.6 Å². The van der Waals surface area contributed by atoms with Crippen LogP contribution in [0.15, 0.2) is 23.2 Å². The average molecular weight is 523 g/mol. The van der Waals surface area contributed by atoms with Crippen LogP contribution in [0.5, 0.6) is 0 Å². The lowest BCUT2D eigenvalue weighted by Gasteiger charge is -2.17. The number of hydrogen-bond acceptors (Lipinski definition) is 3. The minimum atomic E-state index is -3.15. The monoisotopic (exact) mass is 522 g/mol. The molecule has 0 aliphatic heterocycles. The lowest BCUT2D eigenvalue weighted by Crippen LogP contribution is -2.34. The minimum Gasteiger partial charge on any atom is -0.370 e. The van der Waals surface area contributed by atoms with Crippen LogP contribution in [0.1, 0.15) is 31.9 Å². The third kappa shape index (κ3) is 8.29. The van der Waals surface area contributed by atoms with Gasteiger partial charge in [0.25, 0.3) is 0 Å². The first kappa shape index (κ1) is 24.7. The van der Waals surface area contributed by atoms with E-state index in [-0.39, 0.29) is 41.7 Å². The molecule has 0 aromatic heterocycles. The fourth-order valence-corrected chi connectivity index (χ4v) is 3.47. The number of hydrogen-bond donors (Lipinski definition) is 2. The molecule has 0 saturated heterocycles. The largest absolute Gasteiger partial charge is 0.370 e. The first-order valence-corrected chi connectivity index (χ1v) is 9.99. The summed E-state index contributed by atoms with van der Waals surface area (Å²) in [6, 6.07) is 5.15. The lowest BCUT2D eigenvalue weighted by molar-refractivity contribution is 0.465. The van der Waals surface area contributed by atoms with Crippen molar-refractivity contribution in [1.82, 2.24) is 9.62 Å². The Kier molecular flexibility index (Phi) is 11.3. The molecule has 0 saturated carbocycles. The topological polar surface area (TPSA) is 87.8 Å². The second kappa shape index (κ2) is 11.4. The third-order valence-electron chi connectivity index (χ3n) is 3.55. The molecular weight excluding hydrogens is 498 g/mol. The van der Waals surface area contributed by atoms with Gasteiger partial charge in [0.05, 0.1) is 11.8 Å². The summed E-state index contributed by atoms with van der Waals surface area (Å²) in [5.41, 5.74) is 6.73. The van der Waals surface area contributed by atoms with E-state index in [9.17, 15) is 8.42 Å². The molecule has 1 rings (SSSR count). The minimum absolute atomic E-state index is 0. The van der Waals surface area contributed by atoms with E-state index in [2.05, 4.69) is 10.3 Å². The summed E-state index contributed by atoms with van der Waals surface area (Å²) in [5.74, 6) is 0.380. The number of aliphatic imine (C=N–C) groups is 1. The predicted molar refractivity (Wildman–Crippen MR) is 117 cm³/mol. The summed E-state index contributed by atoms with van der Waals surface area (Å²) in [6.07, 6.45) is 0.591. The number of halogens is 3. The molecule has 0 amide bonds. The van der Waals surface area contributed by atoms with Crippen molar-refractivity contribution in [2.24, 2.45) is 10.7 Å². The summed E-state index contributed by atoms with van der Waals surface area (Å²) >= 11 is 12.0. The highest BCUT2D eigenvalue weighted by molar-refractivity contribution is 14.0. The van der Waals surface area contributed by atoms with Crippen LogP contribution >= 0.6 is 47.2 Å². The third-order valence-corrected chi connectivity index (χ3v) is 5.97. The Morgan fingerprint density at radius 2 is 2.04 bits per heavy atom. The number of nitrogens with zero attached hydrogens (tertiary/aromatic N) is 2. The van der Waals surface area contributed by atoms with E-state index >= 15 is 0 Å². The first-order chi connectivity index (χ1) is 11.2. The summed E-state index contributed by atoms with van der Waals surface area (Å²) < 4.78 is 24.6. The van der Waals surface area contributed by atoms with Gasteiger partial charge in [-0.15, -0.1) is 24.0 Å². The number of sulfonamides is 1. The van der Waals surface area contributed by atoms with Crippen LogP contribution in [-0.2, 0) is 10.0 Å². The Morgan fingerprint density at radius 3 is 2.60 bits per heavy atom. The summed E-state index contributed by atoms with van der Waals surface area (Å²) in [4.78, 5) is 4.21. The Hall–Kier alpha value is -0.290. The van der Waals surface area contributed by atoms with Gasteiger partial charge in [0.15, 0.2) is 5.96 Å². The van der Waals surface area contributed by atoms with E-state index < -0.39 is 10.0 Å². The van der Waals surface area contributed by atoms with Gasteiger partial charge in [-0.25, -0.2) is 12.7 Å². The molecule has 1 unspecified atom stereocenters. The standard InChI is InChI=1S/C15H24Cl2N4O2S.HI/c1-4-24(22,23)21(3)9-5-8-19-15(18)20-11(2)13-7-6-12(16)10-14(13)17;/h6-7,10-11H,4-5,8-9H2,1-3H3,(H3,18,19,20);1H. The maximum Gasteiger partial charge on any atom is 0.213 e. The highest BCUT2D eigenvalue weighted by atomic mass is 127. The molecule has 1 aromatic rings. The highest BCUT2D eigenvalue weighted by Gasteiger charge is 2.14. The maximum absolute atomic E-state index is 11.6. The molecule has 0 heterocycles. The summed E-state index contributed by atoms with van der Waals surface area (Å²) in [6.45, 7) is 4.38. The fraction of sp³-hybridized carbons (Fsp3) is 0.533. The number of nitrogens with one attached hydrogen (secondary N) is 1. The van der Waals surface area contributed by atoms with E-state index in [1.54, 1.807) is 26.1 Å². The molecule has 25 heavy (non-hydrogen) atoms. The number of benzene rings is 1. The molecule has 0 aliphatic rings. The zero-order valence-electron chi connectivity index (χ0n) is 14.5. The molecule has 1 aromatic carbocycles. The first-order valence-electron chi connectivity index (χ1n) is 7.62. The summed E-state index contributed by atoms with van der Waals surface area (Å²) in [7, 11) is -1.59. The molecule has 0 spiro atoms. The van der Waals surface area contributed by atoms with Crippen molar-refractivity contribution >= 4 is 63.2 Å². The van der Waals surface area contributed by atoms with Gasteiger partial charge in [-0.05, 0) is 38.0 Å². The van der Waals surface area contributed by atoms with Crippen LogP contribution in [0.4, 0.5) is 0 Å². The van der Waals surface area contributed by atoms with Crippen LogP contribution in [-0.4, -0.2) is 44.6 Å². The Labute approximate surface area is 177 Å². The smallest absolute Gasteiger partial charge is 0.213 e. The average Bonchev–Trinajstić information content (AvgIpc) is 2.50. The Morgan fingerprint density at radius 1 is 1.40 bits per heavy atom. The number of rotatable bonds is 8. The Bertz CT molecular complexity index is 686. The molecular formula is C15H25Cl2IN4O2S. The van der Waals surface area contributed by atoms with E-state index in [4.69, 9.17) is 28.9 Å². The van der Waals surface area contributed by atoms with Gasteiger partial charge in [-0.2, -0.15) is 0 Å². The van der Waals surface area contributed by atoms with Gasteiger partial charge >= 0.3 is 0 Å². The van der Waals surface area contributed by atoms with Gasteiger partial charge in [-0.3, -0.25) is 4.99 Å². The van der Waals surface area contributed by atoms with Crippen molar-refractivity contribution in [2.75, 3.05) is 25.9 Å². The zero-order valence-corrected chi connectivity index (χ0v) is 19.2. The molecule has 0 aliphatic carbocycles. The molecule has 10 heteroatoms. The van der Waals surface area contributed by atoms with Gasteiger partial charge in [-0.1, -0.05) is 29.3 Å². The van der Waals surface area contributed by atoms with Crippen LogP contribution < -0.4 is 11.1 Å². The van der Waals surface area contributed by atoms with Crippen molar-refractivity contribution in [1.29, 1.82) is 0 Å². The molecule has 144 valence electrons. The Balaban J connectivity index is 0.00000576. The number of nitrogens with two attached hydrogens (primary N) is 1. The van der Waals surface area contributed by atoms with Crippen LogP contribution in [0, 0.1) is 0 Å².